The third-order valence-electron chi connectivity index (χ3n) is 9.45. The quantitative estimate of drug-likeness (QED) is 0.0286. The van der Waals surface area contributed by atoms with Crippen LogP contribution >= 0.6 is 7.82 Å². The fourth-order valence-electron chi connectivity index (χ4n) is 6.08. The Hall–Kier alpha value is -0.540. The Morgan fingerprint density at radius 1 is 0.633 bits per heavy atom. The van der Waals surface area contributed by atoms with Gasteiger partial charge in [0, 0.05) is 6.42 Å². The Morgan fingerprint density at radius 2 is 1.02 bits per heavy atom. The molecular weight excluding hydrogens is 639 g/mol. The van der Waals surface area contributed by atoms with E-state index in [9.17, 15) is 24.5 Å². The van der Waals surface area contributed by atoms with Crippen LogP contribution in [-0.4, -0.2) is 84.6 Å². The van der Waals surface area contributed by atoms with Gasteiger partial charge in [-0.25, -0.2) is 4.57 Å². The molecule has 0 radical (unpaired) electrons. The van der Waals surface area contributed by atoms with E-state index >= 15 is 0 Å². The molecule has 0 saturated carbocycles. The lowest BCUT2D eigenvalue weighted by molar-refractivity contribution is -0.870. The van der Waals surface area contributed by atoms with E-state index in [0.717, 1.165) is 38.5 Å². The van der Waals surface area contributed by atoms with Crippen molar-refractivity contribution in [2.45, 2.75) is 205 Å². The van der Waals surface area contributed by atoms with Crippen molar-refractivity contribution in [1.29, 1.82) is 0 Å². The summed E-state index contributed by atoms with van der Waals surface area (Å²) in [7, 11) is 1.44. The average molecular weight is 722 g/mol. The zero-order valence-corrected chi connectivity index (χ0v) is 33.7. The highest BCUT2D eigenvalue weighted by Gasteiger charge is 2.31. The van der Waals surface area contributed by atoms with Crippen LogP contribution in [-0.2, 0) is 18.4 Å². The van der Waals surface area contributed by atoms with Crippen LogP contribution in [0.15, 0.2) is 0 Å². The van der Waals surface area contributed by atoms with Crippen molar-refractivity contribution in [3.05, 3.63) is 0 Å². The molecule has 0 heterocycles. The van der Waals surface area contributed by atoms with Gasteiger partial charge < -0.3 is 24.9 Å². The second-order valence-electron chi connectivity index (χ2n) is 15.5. The number of phosphoric acid groups is 1. The summed E-state index contributed by atoms with van der Waals surface area (Å²) >= 11 is 0. The maximum Gasteiger partial charge on any atom is 0.472 e. The van der Waals surface area contributed by atoms with Crippen molar-refractivity contribution in [3.8, 4) is 0 Å². The molecule has 294 valence electrons. The van der Waals surface area contributed by atoms with Crippen LogP contribution in [0.1, 0.15) is 187 Å². The minimum absolute atomic E-state index is 0.0253. The Morgan fingerprint density at radius 3 is 1.43 bits per heavy atom. The molecule has 0 aliphatic rings. The predicted molar refractivity (Wildman–Crippen MR) is 205 cm³/mol. The van der Waals surface area contributed by atoms with Gasteiger partial charge in [0.15, 0.2) is 0 Å². The normalized spacial score (nSPS) is 15.2. The molecule has 0 bridgehead atoms. The van der Waals surface area contributed by atoms with Gasteiger partial charge in [-0.15, -0.1) is 0 Å². The number of aliphatic hydroxyl groups excluding tert-OH is 2. The molecule has 1 amide bonds. The Balaban J connectivity index is 4.56. The van der Waals surface area contributed by atoms with Crippen molar-refractivity contribution in [2.24, 2.45) is 0 Å². The number of carbonyl (C=O) groups is 1. The largest absolute Gasteiger partial charge is 0.472 e. The number of hydrogen-bond donors (Lipinski definition) is 4. The predicted octanol–water partition coefficient (Wildman–Crippen LogP) is 9.61. The number of nitrogens with one attached hydrogen (secondary N) is 1. The van der Waals surface area contributed by atoms with E-state index in [-0.39, 0.29) is 12.5 Å². The zero-order valence-electron chi connectivity index (χ0n) is 32.8. The Bertz CT molecular complexity index is 796. The summed E-state index contributed by atoms with van der Waals surface area (Å²) in [6, 6.07) is -1.02. The molecule has 0 aliphatic carbocycles. The minimum Gasteiger partial charge on any atom is -0.390 e. The molecule has 0 fully saturated rings. The summed E-state index contributed by atoms with van der Waals surface area (Å²) < 4.78 is 23.4. The van der Waals surface area contributed by atoms with E-state index < -0.39 is 32.7 Å². The second kappa shape index (κ2) is 32.1. The molecule has 1 unspecified atom stereocenters. The van der Waals surface area contributed by atoms with E-state index in [1.54, 1.807) is 0 Å². The molecule has 4 atom stereocenters. The molecule has 0 aromatic rings. The van der Waals surface area contributed by atoms with Crippen LogP contribution in [0.3, 0.4) is 0 Å². The van der Waals surface area contributed by atoms with Crippen LogP contribution < -0.4 is 5.32 Å². The maximum atomic E-state index is 12.8. The van der Waals surface area contributed by atoms with E-state index in [2.05, 4.69) is 19.2 Å². The molecule has 0 saturated heterocycles. The highest BCUT2D eigenvalue weighted by molar-refractivity contribution is 7.47. The van der Waals surface area contributed by atoms with Crippen molar-refractivity contribution >= 4 is 13.7 Å². The van der Waals surface area contributed by atoms with Crippen LogP contribution in [0.5, 0.6) is 0 Å². The average Bonchev–Trinajstić information content (AvgIpc) is 3.04. The third-order valence-corrected chi connectivity index (χ3v) is 10.4. The topological polar surface area (TPSA) is 125 Å². The van der Waals surface area contributed by atoms with Gasteiger partial charge in [-0.05, 0) is 12.8 Å². The van der Waals surface area contributed by atoms with Crippen molar-refractivity contribution in [2.75, 3.05) is 40.9 Å². The van der Waals surface area contributed by atoms with Gasteiger partial charge in [0.2, 0.25) is 5.91 Å². The number of carbonyl (C=O) groups excluding carboxylic acids is 1. The molecule has 9 nitrogen and oxygen atoms in total. The molecule has 0 rings (SSSR count). The standard InChI is InChI=1S/C39H81N2O7P/c1-6-8-10-12-14-16-18-20-22-24-26-28-30-32-38(43)40-36(35-48-49(45,46)47-34-33-41(3,4)5)39(44)37(42)31-29-27-25-23-21-19-17-15-13-11-9-7-2/h36-37,39,42,44H,6-35H2,1-5H3,(H-,40,43,45,46)/p+1/t36-,37-,39-/m0/s1. The first kappa shape index (κ1) is 48.5. The van der Waals surface area contributed by atoms with Gasteiger partial charge in [0.25, 0.3) is 0 Å². The van der Waals surface area contributed by atoms with E-state index in [1.165, 1.54) is 122 Å². The van der Waals surface area contributed by atoms with Gasteiger partial charge >= 0.3 is 7.82 Å². The molecule has 49 heavy (non-hydrogen) atoms. The number of nitrogens with zero attached hydrogens (tertiary/aromatic N) is 1. The molecule has 0 aliphatic heterocycles. The smallest absolute Gasteiger partial charge is 0.390 e. The Kier molecular flexibility index (Phi) is 31.8. The third kappa shape index (κ3) is 33.1. The summed E-state index contributed by atoms with van der Waals surface area (Å²) in [5, 5.41) is 24.6. The van der Waals surface area contributed by atoms with E-state index in [1.807, 2.05) is 21.1 Å². The van der Waals surface area contributed by atoms with Gasteiger partial charge in [-0.1, -0.05) is 168 Å². The molecule has 4 N–H and O–H groups in total. The number of phosphoric ester groups is 1. The van der Waals surface area contributed by atoms with E-state index in [4.69, 9.17) is 9.05 Å². The summed E-state index contributed by atoms with van der Waals surface area (Å²) in [4.78, 5) is 23.1. The SMILES string of the molecule is CCCCCCCCCCCCCCCC(=O)N[C@@H](COP(=O)(O)OCC[N+](C)(C)C)[C@H](O)[C@@H](O)CCCCCCCCCCCCCC. The van der Waals surface area contributed by atoms with Gasteiger partial charge in [0.05, 0.1) is 39.9 Å². The lowest BCUT2D eigenvalue weighted by atomic mass is 9.99. The van der Waals surface area contributed by atoms with Crippen LogP contribution in [0.2, 0.25) is 0 Å². The lowest BCUT2D eigenvalue weighted by Gasteiger charge is -2.28. The van der Waals surface area contributed by atoms with Gasteiger partial charge in [0.1, 0.15) is 19.3 Å². The maximum absolute atomic E-state index is 12.8. The number of quaternary nitrogens is 1. The number of likely N-dealkylation sites (N-methyl/N-ethyl adjacent to an activating group) is 1. The zero-order chi connectivity index (χ0) is 36.6. The fourth-order valence-corrected chi connectivity index (χ4v) is 6.82. The van der Waals surface area contributed by atoms with Crippen molar-refractivity contribution in [1.82, 2.24) is 5.32 Å². The molecular formula is C39H82N2O7P+. The number of hydrogen-bond acceptors (Lipinski definition) is 6. The number of amides is 1. The first-order valence-corrected chi connectivity index (χ1v) is 22.0. The summed E-state index contributed by atoms with van der Waals surface area (Å²) in [5.74, 6) is -0.257. The molecule has 0 aromatic carbocycles. The van der Waals surface area contributed by atoms with Crippen LogP contribution in [0, 0.1) is 0 Å². The number of unbranched alkanes of at least 4 members (excludes halogenated alkanes) is 23. The van der Waals surface area contributed by atoms with Crippen molar-refractivity contribution < 1.29 is 38.0 Å². The Labute approximate surface area is 302 Å². The molecule has 0 aromatic heterocycles. The summed E-state index contributed by atoms with van der Waals surface area (Å²) in [6.07, 6.45) is 28.6. The number of aliphatic hydroxyl groups is 2. The number of rotatable bonds is 37. The minimum atomic E-state index is -4.40. The molecule has 0 spiro atoms. The summed E-state index contributed by atoms with van der Waals surface area (Å²) in [6.45, 7) is 4.59. The summed E-state index contributed by atoms with van der Waals surface area (Å²) in [5.41, 5.74) is 0. The first-order chi connectivity index (χ1) is 23.4. The van der Waals surface area contributed by atoms with Crippen LogP contribution in [0.25, 0.3) is 0 Å². The van der Waals surface area contributed by atoms with Crippen molar-refractivity contribution in [3.63, 3.8) is 0 Å². The van der Waals surface area contributed by atoms with Gasteiger partial charge in [-0.2, -0.15) is 0 Å². The van der Waals surface area contributed by atoms with Gasteiger partial charge in [-0.3, -0.25) is 13.8 Å². The lowest BCUT2D eigenvalue weighted by Crippen LogP contribution is -2.51. The van der Waals surface area contributed by atoms with Crippen LogP contribution in [0.4, 0.5) is 0 Å². The highest BCUT2D eigenvalue weighted by atomic mass is 31.2. The fraction of sp³-hybridized carbons (Fsp3) is 0.974. The van der Waals surface area contributed by atoms with E-state index in [0.29, 0.717) is 23.9 Å². The second-order valence-corrected chi connectivity index (χ2v) is 17.0. The monoisotopic (exact) mass is 722 g/mol. The first-order valence-electron chi connectivity index (χ1n) is 20.5. The highest BCUT2D eigenvalue weighted by Crippen LogP contribution is 2.43. The molecule has 10 heteroatoms.